The maximum absolute atomic E-state index is 13.3. The van der Waals surface area contributed by atoms with Gasteiger partial charge in [-0.2, -0.15) is 0 Å². The number of amides is 2. The smallest absolute Gasteiger partial charge is 0.410 e. The first-order chi connectivity index (χ1) is 18.3. The lowest BCUT2D eigenvalue weighted by Crippen LogP contribution is -2.51. The molecule has 3 aromatic rings. The highest BCUT2D eigenvalue weighted by Gasteiger charge is 2.27. The molecule has 0 aliphatic carbocycles. The zero-order valence-corrected chi connectivity index (χ0v) is 22.5. The minimum Gasteiger partial charge on any atom is -0.410 e. The Morgan fingerprint density at radius 2 is 1.55 bits per heavy atom. The predicted molar refractivity (Wildman–Crippen MR) is 147 cm³/mol. The molecule has 0 spiro atoms. The molecule has 0 aromatic heterocycles. The number of hydrogen-bond donors (Lipinski definition) is 1. The van der Waals surface area contributed by atoms with Crippen molar-refractivity contribution in [3.63, 3.8) is 0 Å². The molecule has 1 aliphatic heterocycles. The van der Waals surface area contributed by atoms with Gasteiger partial charge < -0.3 is 14.5 Å². The molecule has 200 valence electrons. The zero-order valence-electron chi connectivity index (χ0n) is 21.7. The van der Waals surface area contributed by atoms with Gasteiger partial charge in [0.2, 0.25) is 0 Å². The molecule has 1 heterocycles. The van der Waals surface area contributed by atoms with Crippen LogP contribution < -0.4 is 9.46 Å². The SMILES string of the molecule is CCCCc1ccc(NS(=O)(=O)c2ccc(C)c(C(=O)N3CCN(C(=O)Oc4ccccc4)CC3)c2)cc1. The Labute approximate surface area is 224 Å². The Hall–Kier alpha value is -3.85. The fraction of sp³-hybridized carbons (Fsp3) is 0.310. The second-order valence-electron chi connectivity index (χ2n) is 9.34. The topological polar surface area (TPSA) is 96.0 Å². The number of nitrogens with zero attached hydrogens (tertiary/aromatic N) is 2. The number of carbonyl (C=O) groups is 2. The van der Waals surface area contributed by atoms with Crippen LogP contribution in [0.5, 0.6) is 5.75 Å². The summed E-state index contributed by atoms with van der Waals surface area (Å²) in [4.78, 5) is 29.0. The first kappa shape index (κ1) is 27.2. The van der Waals surface area contributed by atoms with Gasteiger partial charge in [-0.05, 0) is 67.3 Å². The third kappa shape index (κ3) is 6.72. The number of nitrogens with one attached hydrogen (secondary N) is 1. The van der Waals surface area contributed by atoms with E-state index in [2.05, 4.69) is 11.6 Å². The van der Waals surface area contributed by atoms with Crippen LogP contribution in [0.3, 0.4) is 0 Å². The Kier molecular flexibility index (Phi) is 8.68. The van der Waals surface area contributed by atoms with Gasteiger partial charge in [-0.3, -0.25) is 9.52 Å². The molecule has 8 nitrogen and oxygen atoms in total. The fourth-order valence-electron chi connectivity index (χ4n) is 4.25. The van der Waals surface area contributed by atoms with Crippen LogP contribution in [0, 0.1) is 6.92 Å². The number of piperazine rings is 1. The Morgan fingerprint density at radius 3 is 2.21 bits per heavy atom. The minimum absolute atomic E-state index is 0.0200. The molecule has 0 bridgehead atoms. The molecule has 2 amide bonds. The monoisotopic (exact) mass is 535 g/mol. The predicted octanol–water partition coefficient (Wildman–Crippen LogP) is 5.10. The van der Waals surface area contributed by atoms with E-state index in [-0.39, 0.29) is 10.8 Å². The zero-order chi connectivity index (χ0) is 27.1. The van der Waals surface area contributed by atoms with Gasteiger partial charge in [0.15, 0.2) is 0 Å². The molecule has 3 aromatic carbocycles. The van der Waals surface area contributed by atoms with Crippen molar-refractivity contribution in [3.05, 3.63) is 89.5 Å². The molecule has 9 heteroatoms. The number of hydrogen-bond acceptors (Lipinski definition) is 5. The fourth-order valence-corrected chi connectivity index (χ4v) is 5.33. The first-order valence-electron chi connectivity index (χ1n) is 12.8. The lowest BCUT2D eigenvalue weighted by molar-refractivity contribution is 0.0632. The number of aryl methyl sites for hydroxylation is 2. The van der Waals surface area contributed by atoms with Crippen molar-refractivity contribution in [1.82, 2.24) is 9.80 Å². The molecule has 0 atom stereocenters. The van der Waals surface area contributed by atoms with E-state index >= 15 is 0 Å². The second-order valence-corrected chi connectivity index (χ2v) is 11.0. The van der Waals surface area contributed by atoms with Crippen LogP contribution in [-0.2, 0) is 16.4 Å². The molecule has 0 radical (unpaired) electrons. The van der Waals surface area contributed by atoms with Crippen LogP contribution >= 0.6 is 0 Å². The van der Waals surface area contributed by atoms with E-state index in [1.54, 1.807) is 59.2 Å². The number of ether oxygens (including phenoxy) is 1. The summed E-state index contributed by atoms with van der Waals surface area (Å²) in [5.41, 5.74) is 2.63. The summed E-state index contributed by atoms with van der Waals surface area (Å²) >= 11 is 0. The van der Waals surface area contributed by atoms with Gasteiger partial charge in [0.25, 0.3) is 15.9 Å². The van der Waals surface area contributed by atoms with E-state index in [0.29, 0.717) is 48.7 Å². The first-order valence-corrected chi connectivity index (χ1v) is 14.3. The Bertz CT molecular complexity index is 1370. The molecular formula is C29H33N3O5S. The number of anilines is 1. The summed E-state index contributed by atoms with van der Waals surface area (Å²) in [6.45, 7) is 5.20. The summed E-state index contributed by atoms with van der Waals surface area (Å²) in [6.07, 6.45) is 2.67. The van der Waals surface area contributed by atoms with E-state index in [1.807, 2.05) is 18.2 Å². The standard InChI is InChI=1S/C29H33N3O5S/c1-3-4-8-23-12-14-24(15-13-23)30-38(35,36)26-16-11-22(2)27(21-26)28(33)31-17-19-32(20-18-31)29(34)37-25-9-6-5-7-10-25/h5-7,9-16,21,30H,3-4,8,17-20H2,1-2H3. The third-order valence-corrected chi connectivity index (χ3v) is 7.93. The van der Waals surface area contributed by atoms with Crippen molar-refractivity contribution in [2.75, 3.05) is 30.9 Å². The normalized spacial score (nSPS) is 13.7. The molecular weight excluding hydrogens is 502 g/mol. The molecule has 0 unspecified atom stereocenters. The van der Waals surface area contributed by atoms with Crippen LogP contribution in [0.1, 0.15) is 41.3 Å². The average molecular weight is 536 g/mol. The maximum Gasteiger partial charge on any atom is 0.415 e. The molecule has 38 heavy (non-hydrogen) atoms. The van der Waals surface area contributed by atoms with Gasteiger partial charge in [-0.25, -0.2) is 13.2 Å². The highest BCUT2D eigenvalue weighted by molar-refractivity contribution is 7.92. The van der Waals surface area contributed by atoms with Gasteiger partial charge in [-0.15, -0.1) is 0 Å². The maximum atomic E-state index is 13.3. The molecule has 4 rings (SSSR count). The van der Waals surface area contributed by atoms with E-state index in [9.17, 15) is 18.0 Å². The van der Waals surface area contributed by atoms with Crippen molar-refractivity contribution >= 4 is 27.7 Å². The molecule has 1 aliphatic rings. The van der Waals surface area contributed by atoms with Gasteiger partial charge >= 0.3 is 6.09 Å². The number of benzene rings is 3. The van der Waals surface area contributed by atoms with Crippen LogP contribution in [0.4, 0.5) is 10.5 Å². The Morgan fingerprint density at radius 1 is 0.895 bits per heavy atom. The van der Waals surface area contributed by atoms with Crippen molar-refractivity contribution in [2.24, 2.45) is 0 Å². The van der Waals surface area contributed by atoms with Gasteiger partial charge in [0.05, 0.1) is 4.90 Å². The van der Waals surface area contributed by atoms with Gasteiger partial charge in [0, 0.05) is 37.4 Å². The number of rotatable bonds is 8. The average Bonchev–Trinajstić information content (AvgIpc) is 2.93. The Balaban J connectivity index is 1.40. The molecule has 1 N–H and O–H groups in total. The van der Waals surface area contributed by atoms with E-state index in [0.717, 1.165) is 24.8 Å². The third-order valence-electron chi connectivity index (χ3n) is 6.55. The van der Waals surface area contributed by atoms with E-state index in [4.69, 9.17) is 4.74 Å². The molecule has 1 saturated heterocycles. The lowest BCUT2D eigenvalue weighted by Gasteiger charge is -2.34. The number of carbonyl (C=O) groups excluding carboxylic acids is 2. The van der Waals surface area contributed by atoms with Crippen molar-refractivity contribution in [2.45, 2.75) is 38.0 Å². The summed E-state index contributed by atoms with van der Waals surface area (Å²) in [5, 5.41) is 0. The van der Waals surface area contributed by atoms with Crippen LogP contribution in [0.15, 0.2) is 77.7 Å². The van der Waals surface area contributed by atoms with Crippen LogP contribution in [-0.4, -0.2) is 56.4 Å². The number of sulfonamides is 1. The quantitative estimate of drug-likeness (QED) is 0.433. The summed E-state index contributed by atoms with van der Waals surface area (Å²) in [7, 11) is -3.89. The van der Waals surface area contributed by atoms with E-state index < -0.39 is 16.1 Å². The minimum atomic E-state index is -3.89. The van der Waals surface area contributed by atoms with Gasteiger partial charge in [-0.1, -0.05) is 49.7 Å². The number of unbranched alkanes of at least 4 members (excludes halogenated alkanes) is 1. The van der Waals surface area contributed by atoms with Crippen LogP contribution in [0.2, 0.25) is 0 Å². The summed E-state index contributed by atoms with van der Waals surface area (Å²) < 4.78 is 34.2. The highest BCUT2D eigenvalue weighted by atomic mass is 32.2. The highest BCUT2D eigenvalue weighted by Crippen LogP contribution is 2.22. The van der Waals surface area contributed by atoms with Crippen LogP contribution in [0.25, 0.3) is 0 Å². The lowest BCUT2D eigenvalue weighted by atomic mass is 10.1. The molecule has 1 fully saturated rings. The van der Waals surface area contributed by atoms with E-state index in [1.165, 1.54) is 12.1 Å². The summed E-state index contributed by atoms with van der Waals surface area (Å²) in [5.74, 6) is 0.196. The molecule has 0 saturated carbocycles. The number of para-hydroxylation sites is 1. The second kappa shape index (κ2) is 12.1. The van der Waals surface area contributed by atoms with Crippen molar-refractivity contribution in [3.8, 4) is 5.75 Å². The largest absolute Gasteiger partial charge is 0.415 e. The van der Waals surface area contributed by atoms with Crippen molar-refractivity contribution in [1.29, 1.82) is 0 Å². The van der Waals surface area contributed by atoms with Crippen molar-refractivity contribution < 1.29 is 22.7 Å². The summed E-state index contributed by atoms with van der Waals surface area (Å²) in [6, 6.07) is 20.8. The van der Waals surface area contributed by atoms with Gasteiger partial charge in [0.1, 0.15) is 5.75 Å².